The standard InChI is InChI=1S/C21H20F5N5O.CH2O2/c1-31-8-2-3-13(11-31)28-19-14-6-7-27-10-16(14)18(29-30-19)15-5-4-12(21(24,25)26)9-17(15)32-20(22)23;2-1-3/h4-7,9-10,13,20H,2-3,8,11H2,1H3,(H,28,30);1H,(H,2,3)/t13-;/m1./s1. The summed E-state index contributed by atoms with van der Waals surface area (Å²) in [6, 6.07) is 4.23. The van der Waals surface area contributed by atoms with E-state index in [0.29, 0.717) is 22.7 Å². The molecule has 188 valence electrons. The number of carbonyl (C=O) groups is 1. The topological polar surface area (TPSA) is 100 Å². The molecule has 0 amide bonds. The van der Waals surface area contributed by atoms with E-state index < -0.39 is 24.1 Å². The van der Waals surface area contributed by atoms with Crippen molar-refractivity contribution in [3.05, 3.63) is 42.2 Å². The van der Waals surface area contributed by atoms with Crippen molar-refractivity contribution in [2.45, 2.75) is 31.7 Å². The number of likely N-dealkylation sites (tertiary alicyclic amines) is 1. The van der Waals surface area contributed by atoms with E-state index in [-0.39, 0.29) is 23.8 Å². The number of nitrogens with zero attached hydrogens (tertiary/aromatic N) is 4. The van der Waals surface area contributed by atoms with E-state index in [9.17, 15) is 22.0 Å². The minimum atomic E-state index is -4.71. The van der Waals surface area contributed by atoms with Crippen LogP contribution in [-0.2, 0) is 11.0 Å². The van der Waals surface area contributed by atoms with Crippen LogP contribution in [0.5, 0.6) is 5.75 Å². The second-order valence-corrected chi connectivity index (χ2v) is 7.76. The van der Waals surface area contributed by atoms with Gasteiger partial charge >= 0.3 is 12.8 Å². The van der Waals surface area contributed by atoms with Gasteiger partial charge in [-0.05, 0) is 50.7 Å². The lowest BCUT2D eigenvalue weighted by atomic mass is 10.0. The quantitative estimate of drug-likeness (QED) is 0.391. The molecule has 1 atom stereocenters. The SMILES string of the molecule is CN1CCC[C@@H](Nc2nnc(-c3ccc(C(F)(F)F)cc3OC(F)F)c3cnccc23)C1.O=CO. The molecule has 3 aromatic rings. The summed E-state index contributed by atoms with van der Waals surface area (Å²) in [5.74, 6) is -0.140. The molecule has 0 unspecified atom stereocenters. The molecular formula is C22H22F5N5O3. The number of halogens is 5. The number of nitrogens with one attached hydrogen (secondary N) is 1. The lowest BCUT2D eigenvalue weighted by Crippen LogP contribution is -2.40. The second kappa shape index (κ2) is 11.2. The molecule has 1 aliphatic heterocycles. The molecule has 1 saturated heterocycles. The van der Waals surface area contributed by atoms with Crippen LogP contribution >= 0.6 is 0 Å². The van der Waals surface area contributed by atoms with Crippen LogP contribution in [0.3, 0.4) is 0 Å². The Morgan fingerprint density at radius 1 is 1.23 bits per heavy atom. The van der Waals surface area contributed by atoms with Crippen LogP contribution in [0.1, 0.15) is 18.4 Å². The van der Waals surface area contributed by atoms with E-state index in [0.717, 1.165) is 38.1 Å². The predicted molar refractivity (Wildman–Crippen MR) is 117 cm³/mol. The number of hydrogen-bond donors (Lipinski definition) is 2. The highest BCUT2D eigenvalue weighted by molar-refractivity contribution is 6.00. The van der Waals surface area contributed by atoms with E-state index in [1.807, 2.05) is 7.05 Å². The fourth-order valence-electron chi connectivity index (χ4n) is 3.87. The molecule has 0 bridgehead atoms. The van der Waals surface area contributed by atoms with E-state index in [4.69, 9.17) is 9.90 Å². The molecule has 8 nitrogen and oxygen atoms in total. The van der Waals surface area contributed by atoms with Crippen LogP contribution in [0.2, 0.25) is 0 Å². The third-order valence-electron chi connectivity index (χ3n) is 5.33. The molecule has 0 spiro atoms. The van der Waals surface area contributed by atoms with Crippen molar-refractivity contribution in [2.75, 3.05) is 25.5 Å². The highest BCUT2D eigenvalue weighted by Gasteiger charge is 2.32. The molecule has 0 radical (unpaired) electrons. The van der Waals surface area contributed by atoms with E-state index in [1.54, 1.807) is 12.3 Å². The van der Waals surface area contributed by atoms with E-state index >= 15 is 0 Å². The Balaban J connectivity index is 0.00000108. The lowest BCUT2D eigenvalue weighted by Gasteiger charge is -2.30. The first-order chi connectivity index (χ1) is 16.6. The first-order valence-electron chi connectivity index (χ1n) is 10.4. The van der Waals surface area contributed by atoms with Crippen LogP contribution in [0, 0.1) is 0 Å². The van der Waals surface area contributed by atoms with Gasteiger partial charge in [0.15, 0.2) is 5.82 Å². The molecule has 2 aromatic heterocycles. The summed E-state index contributed by atoms with van der Waals surface area (Å²) in [6.45, 7) is -1.73. The van der Waals surface area contributed by atoms with E-state index in [2.05, 4.69) is 30.1 Å². The maximum atomic E-state index is 13.1. The lowest BCUT2D eigenvalue weighted by molar-refractivity contribution is -0.138. The van der Waals surface area contributed by atoms with Gasteiger partial charge < -0.3 is 20.1 Å². The molecule has 1 fully saturated rings. The third-order valence-corrected chi connectivity index (χ3v) is 5.33. The van der Waals surface area contributed by atoms with Crippen LogP contribution in [0.25, 0.3) is 22.0 Å². The number of ether oxygens (including phenoxy) is 1. The minimum absolute atomic E-state index is 0.0345. The molecule has 4 rings (SSSR count). The first kappa shape index (κ1) is 26.0. The number of pyridine rings is 1. The average Bonchev–Trinajstić information content (AvgIpc) is 2.79. The Morgan fingerprint density at radius 3 is 2.63 bits per heavy atom. The van der Waals surface area contributed by atoms with Gasteiger partial charge in [0.05, 0.1) is 5.56 Å². The van der Waals surface area contributed by atoms with Gasteiger partial charge in [0.25, 0.3) is 6.47 Å². The number of fused-ring (bicyclic) bond motifs is 1. The maximum Gasteiger partial charge on any atom is 0.416 e. The van der Waals surface area contributed by atoms with Crippen LogP contribution in [0.4, 0.5) is 27.8 Å². The molecule has 35 heavy (non-hydrogen) atoms. The second-order valence-electron chi connectivity index (χ2n) is 7.76. The molecule has 0 saturated carbocycles. The first-order valence-corrected chi connectivity index (χ1v) is 10.4. The molecule has 13 heteroatoms. The number of rotatable bonds is 5. The van der Waals surface area contributed by atoms with Crippen molar-refractivity contribution in [2.24, 2.45) is 0 Å². The van der Waals surface area contributed by atoms with Gasteiger partial charge in [0, 0.05) is 41.3 Å². The highest BCUT2D eigenvalue weighted by atomic mass is 19.4. The summed E-state index contributed by atoms with van der Waals surface area (Å²) < 4.78 is 69.6. The summed E-state index contributed by atoms with van der Waals surface area (Å²) in [7, 11) is 2.03. The Kier molecular flexibility index (Phi) is 8.33. The summed E-state index contributed by atoms with van der Waals surface area (Å²) in [6.07, 6.45) is 0.288. The zero-order valence-corrected chi connectivity index (χ0v) is 18.5. The van der Waals surface area contributed by atoms with Crippen LogP contribution < -0.4 is 10.1 Å². The summed E-state index contributed by atoms with van der Waals surface area (Å²) in [5, 5.41) is 19.7. The average molecular weight is 499 g/mol. The number of piperidine rings is 1. The summed E-state index contributed by atoms with van der Waals surface area (Å²) in [5.41, 5.74) is -1.04. The largest absolute Gasteiger partial charge is 0.483 e. The number of aromatic nitrogens is 3. The zero-order chi connectivity index (χ0) is 25.6. The van der Waals surface area contributed by atoms with Crippen molar-refractivity contribution >= 4 is 23.1 Å². The Morgan fingerprint density at radius 2 is 1.97 bits per heavy atom. The Labute approximate surface area is 196 Å². The number of alkyl halides is 5. The fourth-order valence-corrected chi connectivity index (χ4v) is 3.87. The van der Waals surface area contributed by atoms with Crippen LogP contribution in [-0.4, -0.2) is 64.5 Å². The number of likely N-dealkylation sites (N-methyl/N-ethyl adjacent to an activating group) is 1. The summed E-state index contributed by atoms with van der Waals surface area (Å²) in [4.78, 5) is 14.6. The molecule has 0 aliphatic carbocycles. The predicted octanol–water partition coefficient (Wildman–Crippen LogP) is 4.52. The summed E-state index contributed by atoms with van der Waals surface area (Å²) >= 11 is 0. The number of hydrogen-bond acceptors (Lipinski definition) is 7. The fraction of sp³-hybridized carbons (Fsp3) is 0.364. The van der Waals surface area contributed by atoms with E-state index in [1.165, 1.54) is 6.20 Å². The van der Waals surface area contributed by atoms with Gasteiger partial charge in [-0.3, -0.25) is 9.78 Å². The van der Waals surface area contributed by atoms with Gasteiger partial charge in [-0.1, -0.05) is 0 Å². The van der Waals surface area contributed by atoms with Crippen molar-refractivity contribution in [1.29, 1.82) is 0 Å². The van der Waals surface area contributed by atoms with Gasteiger partial charge in [0.2, 0.25) is 0 Å². The zero-order valence-electron chi connectivity index (χ0n) is 18.5. The van der Waals surface area contributed by atoms with Crippen molar-refractivity contribution in [3.63, 3.8) is 0 Å². The van der Waals surface area contributed by atoms with Crippen molar-refractivity contribution in [3.8, 4) is 17.0 Å². The molecular weight excluding hydrogens is 477 g/mol. The van der Waals surface area contributed by atoms with Gasteiger partial charge in [-0.15, -0.1) is 10.2 Å². The highest BCUT2D eigenvalue weighted by Crippen LogP contribution is 2.39. The van der Waals surface area contributed by atoms with Crippen molar-refractivity contribution < 1.29 is 36.6 Å². The minimum Gasteiger partial charge on any atom is -0.483 e. The molecule has 1 aliphatic rings. The van der Waals surface area contributed by atoms with Crippen LogP contribution in [0.15, 0.2) is 36.7 Å². The Hall–Kier alpha value is -3.61. The normalized spacial score (nSPS) is 16.5. The smallest absolute Gasteiger partial charge is 0.416 e. The van der Waals surface area contributed by atoms with Gasteiger partial charge in [-0.2, -0.15) is 22.0 Å². The number of anilines is 1. The number of benzene rings is 1. The monoisotopic (exact) mass is 499 g/mol. The van der Waals surface area contributed by atoms with Gasteiger partial charge in [0.1, 0.15) is 11.4 Å². The van der Waals surface area contributed by atoms with Crippen molar-refractivity contribution in [1.82, 2.24) is 20.1 Å². The Bertz CT molecular complexity index is 1160. The molecule has 1 aromatic carbocycles. The molecule has 3 heterocycles. The molecule has 2 N–H and O–H groups in total. The third kappa shape index (κ3) is 6.50. The number of carboxylic acid groups (broad SMARTS) is 1. The van der Waals surface area contributed by atoms with Gasteiger partial charge in [-0.25, -0.2) is 0 Å². The maximum absolute atomic E-state index is 13.1.